The Balaban J connectivity index is 1.41. The Kier molecular flexibility index (Phi) is 6.28. The molecule has 138 valence electrons. The predicted molar refractivity (Wildman–Crippen MR) is 98.6 cm³/mol. The highest BCUT2D eigenvalue weighted by Crippen LogP contribution is 2.22. The average molecular weight is 376 g/mol. The number of ether oxygens (including phenoxy) is 2. The van der Waals surface area contributed by atoms with Gasteiger partial charge in [0.05, 0.1) is 30.9 Å². The van der Waals surface area contributed by atoms with Gasteiger partial charge in [-0.1, -0.05) is 23.7 Å². The van der Waals surface area contributed by atoms with Gasteiger partial charge in [-0.2, -0.15) is 0 Å². The summed E-state index contributed by atoms with van der Waals surface area (Å²) < 4.78 is 10.9. The van der Waals surface area contributed by atoms with E-state index in [0.717, 1.165) is 37.0 Å². The number of rotatable bonds is 6. The third-order valence-corrected chi connectivity index (χ3v) is 4.63. The van der Waals surface area contributed by atoms with Crippen molar-refractivity contribution < 1.29 is 14.3 Å². The summed E-state index contributed by atoms with van der Waals surface area (Å²) in [5.74, 6) is 0.831. The van der Waals surface area contributed by atoms with Gasteiger partial charge in [-0.25, -0.2) is 9.97 Å². The van der Waals surface area contributed by atoms with Gasteiger partial charge in [-0.3, -0.25) is 4.79 Å². The minimum atomic E-state index is 0.0422. The van der Waals surface area contributed by atoms with Gasteiger partial charge in [0, 0.05) is 6.04 Å². The van der Waals surface area contributed by atoms with E-state index in [0.29, 0.717) is 17.5 Å². The largest absolute Gasteiger partial charge is 0.497 e. The van der Waals surface area contributed by atoms with E-state index in [9.17, 15) is 4.79 Å². The van der Waals surface area contributed by atoms with Crippen LogP contribution in [0, 0.1) is 0 Å². The van der Waals surface area contributed by atoms with Crippen LogP contribution in [0.2, 0.25) is 5.02 Å². The molecule has 2 aromatic rings. The molecule has 3 rings (SSSR count). The van der Waals surface area contributed by atoms with Gasteiger partial charge in [0.15, 0.2) is 0 Å². The SMILES string of the molecule is COc1ccc(CC(=O)NC2CCC(Oc3ncc(Cl)cn3)CC2)cc1. The Bertz CT molecular complexity index is 714. The van der Waals surface area contributed by atoms with E-state index in [2.05, 4.69) is 15.3 Å². The number of amides is 1. The minimum Gasteiger partial charge on any atom is -0.497 e. The van der Waals surface area contributed by atoms with E-state index < -0.39 is 0 Å². The Hall–Kier alpha value is -2.34. The van der Waals surface area contributed by atoms with Crippen LogP contribution in [0.5, 0.6) is 11.8 Å². The molecule has 1 N–H and O–H groups in total. The zero-order valence-electron chi connectivity index (χ0n) is 14.7. The first-order chi connectivity index (χ1) is 12.6. The molecule has 1 aliphatic rings. The molecule has 1 amide bonds. The Labute approximate surface area is 157 Å². The van der Waals surface area contributed by atoms with Crippen molar-refractivity contribution in [1.82, 2.24) is 15.3 Å². The van der Waals surface area contributed by atoms with Gasteiger partial charge < -0.3 is 14.8 Å². The first-order valence-corrected chi connectivity index (χ1v) is 9.06. The summed E-state index contributed by atoms with van der Waals surface area (Å²) in [6.07, 6.45) is 6.98. The van der Waals surface area contributed by atoms with E-state index >= 15 is 0 Å². The molecular weight excluding hydrogens is 354 g/mol. The Morgan fingerprint density at radius 1 is 1.15 bits per heavy atom. The molecule has 1 fully saturated rings. The number of hydrogen-bond donors (Lipinski definition) is 1. The maximum absolute atomic E-state index is 12.2. The minimum absolute atomic E-state index is 0.0422. The predicted octanol–water partition coefficient (Wildman–Crippen LogP) is 3.19. The molecule has 1 saturated carbocycles. The van der Waals surface area contributed by atoms with Gasteiger partial charge in [-0.15, -0.1) is 0 Å². The normalized spacial score (nSPS) is 19.6. The van der Waals surface area contributed by atoms with Gasteiger partial charge in [0.25, 0.3) is 0 Å². The van der Waals surface area contributed by atoms with Crippen LogP contribution in [0.1, 0.15) is 31.2 Å². The molecule has 7 heteroatoms. The maximum Gasteiger partial charge on any atom is 0.316 e. The van der Waals surface area contributed by atoms with E-state index in [1.807, 2.05) is 24.3 Å². The van der Waals surface area contributed by atoms with Crippen LogP contribution >= 0.6 is 11.6 Å². The Morgan fingerprint density at radius 2 is 1.81 bits per heavy atom. The summed E-state index contributed by atoms with van der Waals surface area (Å²) >= 11 is 5.77. The molecule has 0 aliphatic heterocycles. The number of nitrogens with one attached hydrogen (secondary N) is 1. The molecule has 0 spiro atoms. The first-order valence-electron chi connectivity index (χ1n) is 8.69. The molecule has 1 aliphatic carbocycles. The highest BCUT2D eigenvalue weighted by Gasteiger charge is 2.24. The molecule has 0 atom stereocenters. The summed E-state index contributed by atoms with van der Waals surface area (Å²) in [5.41, 5.74) is 0.972. The highest BCUT2D eigenvalue weighted by atomic mass is 35.5. The molecule has 6 nitrogen and oxygen atoms in total. The van der Waals surface area contributed by atoms with Crippen molar-refractivity contribution in [3.63, 3.8) is 0 Å². The second kappa shape index (κ2) is 8.85. The molecule has 1 aromatic carbocycles. The highest BCUT2D eigenvalue weighted by molar-refractivity contribution is 6.30. The number of hydrogen-bond acceptors (Lipinski definition) is 5. The number of aromatic nitrogens is 2. The molecule has 1 heterocycles. The third-order valence-electron chi connectivity index (χ3n) is 4.43. The van der Waals surface area contributed by atoms with Crippen molar-refractivity contribution in [2.45, 2.75) is 44.2 Å². The van der Waals surface area contributed by atoms with Crippen molar-refractivity contribution in [1.29, 1.82) is 0 Å². The van der Waals surface area contributed by atoms with Crippen molar-refractivity contribution in [2.24, 2.45) is 0 Å². The summed E-state index contributed by atoms with van der Waals surface area (Å²) in [4.78, 5) is 20.3. The maximum atomic E-state index is 12.2. The summed E-state index contributed by atoms with van der Waals surface area (Å²) in [5, 5.41) is 3.60. The molecular formula is C19H22ClN3O3. The molecule has 1 aromatic heterocycles. The standard InChI is InChI=1S/C19H22ClN3O3/c1-25-16-6-2-13(3-7-16)10-18(24)23-15-4-8-17(9-5-15)26-19-21-11-14(20)12-22-19/h2-3,6-7,11-12,15,17H,4-5,8-10H2,1H3,(H,23,24). The fraction of sp³-hybridized carbons (Fsp3) is 0.421. The van der Waals surface area contributed by atoms with Crippen LogP contribution < -0.4 is 14.8 Å². The second-order valence-corrected chi connectivity index (χ2v) is 6.80. The number of carbonyl (C=O) groups excluding carboxylic acids is 1. The first kappa shape index (κ1) is 18.5. The van der Waals surface area contributed by atoms with Crippen molar-refractivity contribution in [2.75, 3.05) is 7.11 Å². The van der Waals surface area contributed by atoms with Crippen LogP contribution in [-0.2, 0) is 11.2 Å². The van der Waals surface area contributed by atoms with E-state index in [1.165, 1.54) is 12.4 Å². The van der Waals surface area contributed by atoms with Gasteiger partial charge >= 0.3 is 6.01 Å². The fourth-order valence-electron chi connectivity index (χ4n) is 3.04. The fourth-order valence-corrected chi connectivity index (χ4v) is 3.14. The molecule has 26 heavy (non-hydrogen) atoms. The van der Waals surface area contributed by atoms with Crippen molar-refractivity contribution in [3.8, 4) is 11.8 Å². The zero-order valence-corrected chi connectivity index (χ0v) is 15.4. The monoisotopic (exact) mass is 375 g/mol. The molecule has 0 unspecified atom stereocenters. The number of halogens is 1. The summed E-state index contributed by atoms with van der Waals surface area (Å²) in [6, 6.07) is 8.09. The lowest BCUT2D eigenvalue weighted by Crippen LogP contribution is -2.40. The smallest absolute Gasteiger partial charge is 0.316 e. The van der Waals surface area contributed by atoms with Crippen molar-refractivity contribution >= 4 is 17.5 Å². The summed E-state index contributed by atoms with van der Waals surface area (Å²) in [6.45, 7) is 0. The second-order valence-electron chi connectivity index (χ2n) is 6.37. The number of carbonyl (C=O) groups is 1. The van der Waals surface area contributed by atoms with Crippen LogP contribution in [0.25, 0.3) is 0 Å². The van der Waals surface area contributed by atoms with E-state index in [1.54, 1.807) is 7.11 Å². The summed E-state index contributed by atoms with van der Waals surface area (Å²) in [7, 11) is 1.63. The zero-order chi connectivity index (χ0) is 18.4. The van der Waals surface area contributed by atoms with Gasteiger partial charge in [0.1, 0.15) is 11.9 Å². The molecule has 0 bridgehead atoms. The average Bonchev–Trinajstić information content (AvgIpc) is 2.66. The molecule has 0 saturated heterocycles. The lowest BCUT2D eigenvalue weighted by atomic mass is 9.93. The van der Waals surface area contributed by atoms with Gasteiger partial charge in [0.2, 0.25) is 5.91 Å². The number of benzene rings is 1. The number of nitrogens with zero attached hydrogens (tertiary/aromatic N) is 2. The van der Waals surface area contributed by atoms with Crippen LogP contribution in [0.15, 0.2) is 36.7 Å². The lowest BCUT2D eigenvalue weighted by molar-refractivity contribution is -0.121. The van der Waals surface area contributed by atoms with E-state index in [4.69, 9.17) is 21.1 Å². The van der Waals surface area contributed by atoms with Crippen LogP contribution in [0.3, 0.4) is 0 Å². The Morgan fingerprint density at radius 3 is 2.42 bits per heavy atom. The van der Waals surface area contributed by atoms with Gasteiger partial charge in [-0.05, 0) is 43.4 Å². The van der Waals surface area contributed by atoms with E-state index in [-0.39, 0.29) is 18.1 Å². The topological polar surface area (TPSA) is 73.3 Å². The molecule has 0 radical (unpaired) electrons. The number of methoxy groups -OCH3 is 1. The van der Waals surface area contributed by atoms with Crippen LogP contribution in [0.4, 0.5) is 0 Å². The van der Waals surface area contributed by atoms with Crippen molar-refractivity contribution in [3.05, 3.63) is 47.2 Å². The lowest BCUT2D eigenvalue weighted by Gasteiger charge is -2.28. The quantitative estimate of drug-likeness (QED) is 0.839. The van der Waals surface area contributed by atoms with Crippen LogP contribution in [-0.4, -0.2) is 35.1 Å². The third kappa shape index (κ3) is 5.33.